The second kappa shape index (κ2) is 5.64. The van der Waals surface area contributed by atoms with E-state index in [1.54, 1.807) is 12.3 Å². The molecule has 2 aromatic rings. The summed E-state index contributed by atoms with van der Waals surface area (Å²) in [5.74, 6) is 0.741. The summed E-state index contributed by atoms with van der Waals surface area (Å²) in [4.78, 5) is 4.00. The first-order valence-corrected chi connectivity index (χ1v) is 6.12. The third-order valence-corrected chi connectivity index (χ3v) is 2.80. The lowest BCUT2D eigenvalue weighted by molar-refractivity contribution is 0.306. The molecule has 18 heavy (non-hydrogen) atoms. The van der Waals surface area contributed by atoms with Crippen molar-refractivity contribution in [2.75, 3.05) is 0 Å². The van der Waals surface area contributed by atoms with Crippen molar-refractivity contribution in [3.8, 4) is 5.75 Å². The van der Waals surface area contributed by atoms with Gasteiger partial charge >= 0.3 is 0 Å². The first kappa shape index (κ1) is 12.6. The minimum atomic E-state index is -0.0423. The zero-order valence-electron chi connectivity index (χ0n) is 9.56. The summed E-state index contributed by atoms with van der Waals surface area (Å²) >= 11 is 3.38. The lowest BCUT2D eigenvalue weighted by atomic mass is 10.2. The standard InChI is InChI=1S/C13H12BrN3O/c14-10-2-1-3-11(7-10)18-8-9-4-5-17-12(6-9)13(15)16/h1-7H,8H2,(H3,15,16). The number of hydrogen-bond acceptors (Lipinski definition) is 3. The highest BCUT2D eigenvalue weighted by molar-refractivity contribution is 9.10. The van der Waals surface area contributed by atoms with Crippen molar-refractivity contribution in [3.63, 3.8) is 0 Å². The van der Waals surface area contributed by atoms with Gasteiger partial charge in [0.25, 0.3) is 0 Å². The van der Waals surface area contributed by atoms with E-state index in [2.05, 4.69) is 20.9 Å². The van der Waals surface area contributed by atoms with Gasteiger partial charge in [0, 0.05) is 10.7 Å². The summed E-state index contributed by atoms with van der Waals surface area (Å²) in [5.41, 5.74) is 6.77. The van der Waals surface area contributed by atoms with Crippen LogP contribution in [0.1, 0.15) is 11.3 Å². The lowest BCUT2D eigenvalue weighted by Gasteiger charge is -2.07. The maximum absolute atomic E-state index is 7.32. The molecule has 0 aliphatic heterocycles. The second-order valence-electron chi connectivity index (χ2n) is 3.71. The maximum Gasteiger partial charge on any atom is 0.141 e. The fourth-order valence-corrected chi connectivity index (χ4v) is 1.81. The minimum Gasteiger partial charge on any atom is -0.489 e. The number of rotatable bonds is 4. The van der Waals surface area contributed by atoms with Crippen LogP contribution in [0.25, 0.3) is 0 Å². The van der Waals surface area contributed by atoms with E-state index in [1.807, 2.05) is 30.3 Å². The Labute approximate surface area is 113 Å². The molecule has 0 spiro atoms. The van der Waals surface area contributed by atoms with Crippen molar-refractivity contribution in [3.05, 3.63) is 58.3 Å². The number of ether oxygens (including phenoxy) is 1. The fraction of sp³-hybridized carbons (Fsp3) is 0.0769. The average molecular weight is 306 g/mol. The summed E-state index contributed by atoms with van der Waals surface area (Å²) in [6.07, 6.45) is 1.62. The molecule has 1 aromatic heterocycles. The number of aromatic nitrogens is 1. The van der Waals surface area contributed by atoms with Crippen molar-refractivity contribution in [1.29, 1.82) is 5.41 Å². The molecule has 1 heterocycles. The Morgan fingerprint density at radius 1 is 1.33 bits per heavy atom. The molecular formula is C13H12BrN3O. The van der Waals surface area contributed by atoms with E-state index in [0.717, 1.165) is 15.8 Å². The van der Waals surface area contributed by atoms with Crippen LogP contribution in [0, 0.1) is 5.41 Å². The summed E-state index contributed by atoms with van der Waals surface area (Å²) in [6, 6.07) is 11.2. The number of amidine groups is 1. The SMILES string of the molecule is N=C(N)c1cc(COc2cccc(Br)c2)ccn1. The normalized spacial score (nSPS) is 10.1. The molecule has 0 atom stereocenters. The lowest BCUT2D eigenvalue weighted by Crippen LogP contribution is -2.13. The van der Waals surface area contributed by atoms with Gasteiger partial charge in [-0.15, -0.1) is 0 Å². The molecule has 2 rings (SSSR count). The molecule has 92 valence electrons. The van der Waals surface area contributed by atoms with Gasteiger partial charge in [0.1, 0.15) is 23.9 Å². The average Bonchev–Trinajstić information content (AvgIpc) is 2.37. The Balaban J connectivity index is 2.06. The third-order valence-electron chi connectivity index (χ3n) is 2.30. The number of hydrogen-bond donors (Lipinski definition) is 2. The van der Waals surface area contributed by atoms with Gasteiger partial charge in [-0.25, -0.2) is 0 Å². The van der Waals surface area contributed by atoms with E-state index in [1.165, 1.54) is 0 Å². The molecule has 0 radical (unpaired) electrons. The molecule has 4 nitrogen and oxygen atoms in total. The van der Waals surface area contributed by atoms with E-state index in [4.69, 9.17) is 15.9 Å². The van der Waals surface area contributed by atoms with Crippen LogP contribution in [0.4, 0.5) is 0 Å². The molecule has 0 aliphatic carbocycles. The van der Waals surface area contributed by atoms with Crippen LogP contribution in [0.3, 0.4) is 0 Å². The molecule has 0 saturated heterocycles. The van der Waals surface area contributed by atoms with Crippen LogP contribution < -0.4 is 10.5 Å². The van der Waals surface area contributed by atoms with Gasteiger partial charge in [-0.05, 0) is 35.9 Å². The highest BCUT2D eigenvalue weighted by atomic mass is 79.9. The smallest absolute Gasteiger partial charge is 0.141 e. The van der Waals surface area contributed by atoms with Crippen molar-refractivity contribution in [1.82, 2.24) is 4.98 Å². The summed E-state index contributed by atoms with van der Waals surface area (Å²) in [5, 5.41) is 7.32. The Hall–Kier alpha value is -1.88. The van der Waals surface area contributed by atoms with Crippen molar-refractivity contribution < 1.29 is 4.74 Å². The predicted molar refractivity (Wildman–Crippen MR) is 73.7 cm³/mol. The number of nitrogens with zero attached hydrogens (tertiary/aromatic N) is 1. The monoisotopic (exact) mass is 305 g/mol. The number of pyridine rings is 1. The van der Waals surface area contributed by atoms with Crippen LogP contribution in [0.15, 0.2) is 47.1 Å². The molecule has 0 amide bonds. The zero-order valence-corrected chi connectivity index (χ0v) is 11.1. The molecule has 5 heteroatoms. The molecular weight excluding hydrogens is 294 g/mol. The van der Waals surface area contributed by atoms with Crippen LogP contribution >= 0.6 is 15.9 Å². The Morgan fingerprint density at radius 3 is 2.89 bits per heavy atom. The van der Waals surface area contributed by atoms with Gasteiger partial charge < -0.3 is 10.5 Å². The number of nitrogens with two attached hydrogens (primary N) is 1. The van der Waals surface area contributed by atoms with Gasteiger partial charge in [-0.1, -0.05) is 22.0 Å². The van der Waals surface area contributed by atoms with Gasteiger partial charge in [0.05, 0.1) is 0 Å². The highest BCUT2D eigenvalue weighted by Gasteiger charge is 2.01. The van der Waals surface area contributed by atoms with E-state index in [9.17, 15) is 0 Å². The molecule has 0 bridgehead atoms. The summed E-state index contributed by atoms with van der Waals surface area (Å²) in [7, 11) is 0. The van der Waals surface area contributed by atoms with E-state index >= 15 is 0 Å². The molecule has 0 saturated carbocycles. The number of nitrogens with one attached hydrogen (secondary N) is 1. The Morgan fingerprint density at radius 2 is 2.17 bits per heavy atom. The Kier molecular flexibility index (Phi) is 3.94. The van der Waals surface area contributed by atoms with Crippen molar-refractivity contribution >= 4 is 21.8 Å². The fourth-order valence-electron chi connectivity index (χ4n) is 1.43. The molecule has 0 aliphatic rings. The van der Waals surface area contributed by atoms with E-state index in [0.29, 0.717) is 12.3 Å². The topological polar surface area (TPSA) is 72.0 Å². The van der Waals surface area contributed by atoms with E-state index in [-0.39, 0.29) is 5.84 Å². The van der Waals surface area contributed by atoms with Gasteiger partial charge in [-0.3, -0.25) is 10.4 Å². The maximum atomic E-state index is 7.32. The van der Waals surface area contributed by atoms with Crippen molar-refractivity contribution in [2.45, 2.75) is 6.61 Å². The van der Waals surface area contributed by atoms with Gasteiger partial charge in [-0.2, -0.15) is 0 Å². The highest BCUT2D eigenvalue weighted by Crippen LogP contribution is 2.18. The second-order valence-corrected chi connectivity index (χ2v) is 4.62. The third kappa shape index (κ3) is 3.30. The molecule has 3 N–H and O–H groups in total. The Bertz CT molecular complexity index is 572. The quantitative estimate of drug-likeness (QED) is 0.674. The van der Waals surface area contributed by atoms with E-state index < -0.39 is 0 Å². The summed E-state index contributed by atoms with van der Waals surface area (Å²) < 4.78 is 6.61. The van der Waals surface area contributed by atoms with Gasteiger partial charge in [0.15, 0.2) is 0 Å². The van der Waals surface area contributed by atoms with Crippen LogP contribution in [-0.4, -0.2) is 10.8 Å². The zero-order chi connectivity index (χ0) is 13.0. The number of nitrogen functional groups attached to an aromatic ring is 1. The van der Waals surface area contributed by atoms with Crippen LogP contribution in [-0.2, 0) is 6.61 Å². The molecule has 0 fully saturated rings. The van der Waals surface area contributed by atoms with Crippen LogP contribution in [0.5, 0.6) is 5.75 Å². The number of benzene rings is 1. The van der Waals surface area contributed by atoms with Gasteiger partial charge in [0.2, 0.25) is 0 Å². The van der Waals surface area contributed by atoms with Crippen LogP contribution in [0.2, 0.25) is 0 Å². The first-order valence-electron chi connectivity index (χ1n) is 5.33. The molecule has 0 unspecified atom stereocenters. The molecule has 1 aromatic carbocycles. The number of halogens is 1. The van der Waals surface area contributed by atoms with Crippen molar-refractivity contribution in [2.24, 2.45) is 5.73 Å². The largest absolute Gasteiger partial charge is 0.489 e. The summed E-state index contributed by atoms with van der Waals surface area (Å²) in [6.45, 7) is 0.416. The minimum absolute atomic E-state index is 0.0423. The first-order chi connectivity index (χ1) is 8.65. The predicted octanol–water partition coefficient (Wildman–Crippen LogP) is 2.71.